The van der Waals surface area contributed by atoms with Gasteiger partial charge in [0.2, 0.25) is 0 Å². The summed E-state index contributed by atoms with van der Waals surface area (Å²) in [7, 11) is 0. The zero-order chi connectivity index (χ0) is 14.7. The van der Waals surface area contributed by atoms with E-state index in [4.69, 9.17) is 17.3 Å². The molecule has 0 saturated carbocycles. The highest BCUT2D eigenvalue weighted by molar-refractivity contribution is 6.30. The monoisotopic (exact) mass is 300 g/mol. The summed E-state index contributed by atoms with van der Waals surface area (Å²) in [5.74, 6) is 1.18. The molecule has 0 atom stereocenters. The number of hydrogen-bond donors (Lipinski definition) is 2. The first-order chi connectivity index (χ1) is 10.2. The molecule has 3 N–H and O–H groups in total. The lowest BCUT2D eigenvalue weighted by Gasteiger charge is -2.11. The van der Waals surface area contributed by atoms with Crippen molar-refractivity contribution in [1.82, 2.24) is 19.5 Å². The minimum Gasteiger partial charge on any atom is -0.393 e. The number of nitrogens with two attached hydrogens (primary N) is 1. The SMILES string of the molecule is Nc1c(NCc2ccc(Cl)cc2)ncnc1-n1ccnc1. The summed E-state index contributed by atoms with van der Waals surface area (Å²) in [4.78, 5) is 12.3. The van der Waals surface area contributed by atoms with Crippen LogP contribution in [-0.2, 0) is 6.54 Å². The average molecular weight is 301 g/mol. The molecule has 1 aromatic carbocycles. The van der Waals surface area contributed by atoms with Crippen molar-refractivity contribution in [3.63, 3.8) is 0 Å². The molecule has 0 radical (unpaired) electrons. The van der Waals surface area contributed by atoms with Crippen molar-refractivity contribution in [2.24, 2.45) is 0 Å². The highest BCUT2D eigenvalue weighted by atomic mass is 35.5. The van der Waals surface area contributed by atoms with Crippen LogP contribution in [0.15, 0.2) is 49.3 Å². The fraction of sp³-hybridized carbons (Fsp3) is 0.0714. The fourth-order valence-electron chi connectivity index (χ4n) is 1.91. The van der Waals surface area contributed by atoms with Gasteiger partial charge in [-0.05, 0) is 17.7 Å². The number of nitrogen functional groups attached to an aromatic ring is 1. The number of halogens is 1. The quantitative estimate of drug-likeness (QED) is 0.773. The van der Waals surface area contributed by atoms with Gasteiger partial charge in [-0.3, -0.25) is 4.57 Å². The number of imidazole rings is 1. The van der Waals surface area contributed by atoms with Crippen LogP contribution in [-0.4, -0.2) is 19.5 Å². The van der Waals surface area contributed by atoms with Crippen LogP contribution in [0.25, 0.3) is 5.82 Å². The number of benzene rings is 1. The zero-order valence-corrected chi connectivity index (χ0v) is 11.8. The second-order valence-corrected chi connectivity index (χ2v) is 4.85. The highest BCUT2D eigenvalue weighted by Crippen LogP contribution is 2.21. The standard InChI is InChI=1S/C14H13ClN6/c15-11-3-1-10(2-4-11)7-18-13-12(16)14(20-8-19-13)21-6-5-17-9-21/h1-6,8-9H,7,16H2,(H,18,19,20). The van der Waals surface area contributed by atoms with E-state index >= 15 is 0 Å². The van der Waals surface area contributed by atoms with E-state index in [2.05, 4.69) is 20.3 Å². The lowest BCUT2D eigenvalue weighted by molar-refractivity contribution is 0.970. The van der Waals surface area contributed by atoms with Gasteiger partial charge in [-0.2, -0.15) is 0 Å². The molecule has 0 aliphatic carbocycles. The Kier molecular flexibility index (Phi) is 3.70. The van der Waals surface area contributed by atoms with Gasteiger partial charge in [-0.15, -0.1) is 0 Å². The Bertz CT molecular complexity index is 724. The van der Waals surface area contributed by atoms with Gasteiger partial charge in [0.15, 0.2) is 11.6 Å². The van der Waals surface area contributed by atoms with Gasteiger partial charge >= 0.3 is 0 Å². The van der Waals surface area contributed by atoms with E-state index in [-0.39, 0.29) is 0 Å². The Morgan fingerprint density at radius 2 is 2.00 bits per heavy atom. The van der Waals surface area contributed by atoms with Crippen LogP contribution in [0, 0.1) is 0 Å². The molecule has 7 heteroatoms. The van der Waals surface area contributed by atoms with E-state index in [0.717, 1.165) is 5.56 Å². The Morgan fingerprint density at radius 3 is 2.71 bits per heavy atom. The summed E-state index contributed by atoms with van der Waals surface area (Å²) >= 11 is 5.86. The maximum absolute atomic E-state index is 6.11. The number of hydrogen-bond acceptors (Lipinski definition) is 5. The molecular weight excluding hydrogens is 288 g/mol. The van der Waals surface area contributed by atoms with Crippen LogP contribution >= 0.6 is 11.6 Å². The van der Waals surface area contributed by atoms with Crippen molar-refractivity contribution >= 4 is 23.1 Å². The third-order valence-corrected chi connectivity index (χ3v) is 3.24. The molecule has 3 rings (SSSR count). The second-order valence-electron chi connectivity index (χ2n) is 4.41. The molecule has 6 nitrogen and oxygen atoms in total. The summed E-state index contributed by atoms with van der Waals surface area (Å²) in [6.07, 6.45) is 6.56. The summed E-state index contributed by atoms with van der Waals surface area (Å²) in [5.41, 5.74) is 7.67. The smallest absolute Gasteiger partial charge is 0.166 e. The first-order valence-corrected chi connectivity index (χ1v) is 6.69. The number of nitrogens with one attached hydrogen (secondary N) is 1. The van der Waals surface area contributed by atoms with E-state index in [1.165, 1.54) is 6.33 Å². The maximum Gasteiger partial charge on any atom is 0.166 e. The summed E-state index contributed by atoms with van der Waals surface area (Å²) in [6, 6.07) is 7.59. The summed E-state index contributed by atoms with van der Waals surface area (Å²) in [6.45, 7) is 0.599. The number of nitrogens with zero attached hydrogens (tertiary/aromatic N) is 4. The average Bonchev–Trinajstić information content (AvgIpc) is 3.02. The molecule has 0 saturated heterocycles. The normalized spacial score (nSPS) is 10.5. The number of rotatable bonds is 4. The van der Waals surface area contributed by atoms with Gasteiger partial charge in [-0.25, -0.2) is 15.0 Å². The third kappa shape index (κ3) is 2.95. The predicted octanol–water partition coefficient (Wildman–Crippen LogP) is 2.51. The lowest BCUT2D eigenvalue weighted by Crippen LogP contribution is -2.09. The van der Waals surface area contributed by atoms with Crippen molar-refractivity contribution < 1.29 is 0 Å². The molecule has 2 aromatic heterocycles. The van der Waals surface area contributed by atoms with Crippen molar-refractivity contribution in [1.29, 1.82) is 0 Å². The third-order valence-electron chi connectivity index (χ3n) is 2.99. The van der Waals surface area contributed by atoms with Crippen LogP contribution in [0.3, 0.4) is 0 Å². The van der Waals surface area contributed by atoms with Gasteiger partial charge in [0.25, 0.3) is 0 Å². The minimum atomic E-state index is 0.476. The largest absolute Gasteiger partial charge is 0.393 e. The van der Waals surface area contributed by atoms with Gasteiger partial charge in [0.1, 0.15) is 18.3 Å². The van der Waals surface area contributed by atoms with Crippen LogP contribution in [0.4, 0.5) is 11.5 Å². The molecule has 21 heavy (non-hydrogen) atoms. The molecule has 3 aromatic rings. The Hall–Kier alpha value is -2.60. The minimum absolute atomic E-state index is 0.476. The van der Waals surface area contributed by atoms with Crippen molar-refractivity contribution in [2.45, 2.75) is 6.54 Å². The van der Waals surface area contributed by atoms with Crippen molar-refractivity contribution in [3.05, 3.63) is 59.9 Å². The van der Waals surface area contributed by atoms with E-state index in [1.807, 2.05) is 24.3 Å². The number of anilines is 2. The van der Waals surface area contributed by atoms with E-state index in [0.29, 0.717) is 28.9 Å². The molecule has 0 aliphatic rings. The van der Waals surface area contributed by atoms with Gasteiger partial charge < -0.3 is 11.1 Å². The molecular formula is C14H13ClN6. The Balaban J connectivity index is 1.80. The molecule has 0 bridgehead atoms. The summed E-state index contributed by atoms with van der Waals surface area (Å²) < 4.78 is 1.74. The first kappa shape index (κ1) is 13.4. The predicted molar refractivity (Wildman–Crippen MR) is 82.3 cm³/mol. The topological polar surface area (TPSA) is 81.6 Å². The van der Waals surface area contributed by atoms with E-state index in [9.17, 15) is 0 Å². The number of aromatic nitrogens is 4. The second kappa shape index (κ2) is 5.80. The Labute approximate surface area is 126 Å². The van der Waals surface area contributed by atoms with Gasteiger partial charge in [0, 0.05) is 24.0 Å². The molecule has 0 spiro atoms. The lowest BCUT2D eigenvalue weighted by atomic mass is 10.2. The first-order valence-electron chi connectivity index (χ1n) is 6.31. The van der Waals surface area contributed by atoms with E-state index < -0.39 is 0 Å². The highest BCUT2D eigenvalue weighted by Gasteiger charge is 2.09. The van der Waals surface area contributed by atoms with Crippen LogP contribution in [0.1, 0.15) is 5.56 Å². The van der Waals surface area contributed by atoms with Gasteiger partial charge in [-0.1, -0.05) is 23.7 Å². The van der Waals surface area contributed by atoms with Crippen LogP contribution in [0.5, 0.6) is 0 Å². The van der Waals surface area contributed by atoms with Crippen LogP contribution < -0.4 is 11.1 Å². The summed E-state index contributed by atoms with van der Waals surface area (Å²) in [5, 5.41) is 3.91. The Morgan fingerprint density at radius 1 is 1.19 bits per heavy atom. The fourth-order valence-corrected chi connectivity index (χ4v) is 2.03. The maximum atomic E-state index is 6.11. The molecule has 0 aliphatic heterocycles. The zero-order valence-electron chi connectivity index (χ0n) is 11.1. The molecule has 0 fully saturated rings. The van der Waals surface area contributed by atoms with Crippen LogP contribution in [0.2, 0.25) is 5.02 Å². The van der Waals surface area contributed by atoms with Crippen molar-refractivity contribution in [2.75, 3.05) is 11.1 Å². The molecule has 2 heterocycles. The van der Waals surface area contributed by atoms with Crippen molar-refractivity contribution in [3.8, 4) is 5.82 Å². The molecule has 0 amide bonds. The van der Waals surface area contributed by atoms with E-state index in [1.54, 1.807) is 23.3 Å². The molecule has 0 unspecified atom stereocenters. The van der Waals surface area contributed by atoms with Gasteiger partial charge in [0.05, 0.1) is 0 Å². The molecule has 106 valence electrons.